The van der Waals surface area contributed by atoms with Gasteiger partial charge in [0.1, 0.15) is 0 Å². The summed E-state index contributed by atoms with van der Waals surface area (Å²) in [5.41, 5.74) is 0. The average molecular weight is 623 g/mol. The van der Waals surface area contributed by atoms with E-state index in [0.29, 0.717) is 12.3 Å². The number of rotatable bonds is 34. The van der Waals surface area contributed by atoms with E-state index < -0.39 is 5.97 Å². The molecule has 262 valence electrons. The van der Waals surface area contributed by atoms with Crippen LogP contribution in [-0.4, -0.2) is 11.9 Å². The highest BCUT2D eigenvalue weighted by atomic mass is 17.2. The zero-order valence-electron chi connectivity index (χ0n) is 30.4. The topological polar surface area (TPSA) is 52.6 Å². The van der Waals surface area contributed by atoms with Crippen LogP contribution in [0.2, 0.25) is 0 Å². The van der Waals surface area contributed by atoms with Crippen molar-refractivity contribution in [1.29, 1.82) is 0 Å². The second-order valence-electron chi connectivity index (χ2n) is 13.8. The summed E-state index contributed by atoms with van der Waals surface area (Å²) in [4.78, 5) is 36.2. The minimum atomic E-state index is -0.397. The molecular formula is C40H78O4. The molecule has 0 aromatic carbocycles. The largest absolute Gasteiger partial charge is 0.358 e. The highest BCUT2D eigenvalue weighted by Gasteiger charge is 2.30. The van der Waals surface area contributed by atoms with E-state index in [0.717, 1.165) is 44.9 Å². The molecule has 0 amide bonds. The highest BCUT2D eigenvalue weighted by molar-refractivity contribution is 5.74. The van der Waals surface area contributed by atoms with Crippen LogP contribution in [0, 0.1) is 11.8 Å². The molecule has 0 saturated carbocycles. The molecule has 0 aromatic heterocycles. The Bertz CT molecular complexity index is 588. The zero-order valence-corrected chi connectivity index (χ0v) is 30.4. The molecule has 4 nitrogen and oxygen atoms in total. The molecule has 0 bridgehead atoms. The van der Waals surface area contributed by atoms with Gasteiger partial charge in [-0.3, -0.25) is 0 Å². The molecule has 0 radical (unpaired) electrons. The van der Waals surface area contributed by atoms with Gasteiger partial charge in [0, 0.05) is 0 Å². The maximum atomic E-state index is 13.5. The van der Waals surface area contributed by atoms with Crippen LogP contribution in [0.3, 0.4) is 0 Å². The number of hydrogen-bond acceptors (Lipinski definition) is 4. The molecule has 0 rings (SSSR count). The Morgan fingerprint density at radius 1 is 0.386 bits per heavy atom. The molecule has 1 atom stereocenters. The fourth-order valence-corrected chi connectivity index (χ4v) is 6.56. The first-order chi connectivity index (χ1) is 21.6. The van der Waals surface area contributed by atoms with Gasteiger partial charge in [-0.1, -0.05) is 201 Å². The molecule has 0 aliphatic carbocycles. The second kappa shape index (κ2) is 34.8. The van der Waals surface area contributed by atoms with Gasteiger partial charge in [-0.2, -0.15) is 0 Å². The van der Waals surface area contributed by atoms with Gasteiger partial charge >= 0.3 is 11.9 Å². The van der Waals surface area contributed by atoms with Crippen LogP contribution >= 0.6 is 0 Å². The van der Waals surface area contributed by atoms with E-state index in [-0.39, 0.29) is 11.9 Å². The van der Waals surface area contributed by atoms with Gasteiger partial charge in [0.2, 0.25) is 0 Å². The molecule has 0 heterocycles. The summed E-state index contributed by atoms with van der Waals surface area (Å²) in [6, 6.07) is 0. The van der Waals surface area contributed by atoms with Crippen molar-refractivity contribution >= 4 is 11.9 Å². The Kier molecular flexibility index (Phi) is 34.0. The Balaban J connectivity index is 4.98. The molecule has 1 unspecified atom stereocenters. The molecule has 44 heavy (non-hydrogen) atoms. The summed E-state index contributed by atoms with van der Waals surface area (Å²) >= 11 is 0. The lowest BCUT2D eigenvalue weighted by Gasteiger charge is -2.25. The normalized spacial score (nSPS) is 12.1. The second-order valence-corrected chi connectivity index (χ2v) is 13.8. The number of unbranched alkanes of at least 4 members (excludes halogenated alkanes) is 24. The van der Waals surface area contributed by atoms with Crippen molar-refractivity contribution in [3.8, 4) is 0 Å². The van der Waals surface area contributed by atoms with Crippen molar-refractivity contribution < 1.29 is 19.4 Å². The monoisotopic (exact) mass is 623 g/mol. The standard InChI is InChI=1S/C40H78O4/c1-5-9-13-17-20-21-22-23-24-28-31-35-38(40(42)44-43-39(41)36-32-25-16-12-8-4)37(33-29-26-18-14-10-6-2)34-30-27-19-15-11-7-3/h37-38H,5-36H2,1-4H3. The van der Waals surface area contributed by atoms with Gasteiger partial charge in [0.05, 0.1) is 12.3 Å². The molecule has 0 N–H and O–H groups in total. The summed E-state index contributed by atoms with van der Waals surface area (Å²) in [6.07, 6.45) is 38.3. The molecule has 0 aliphatic rings. The first-order valence-corrected chi connectivity index (χ1v) is 20.0. The van der Waals surface area contributed by atoms with Gasteiger partial charge in [-0.05, 0) is 31.6 Å². The first-order valence-electron chi connectivity index (χ1n) is 20.0. The Morgan fingerprint density at radius 3 is 1.09 bits per heavy atom. The van der Waals surface area contributed by atoms with E-state index in [1.165, 1.54) is 154 Å². The lowest BCUT2D eigenvalue weighted by Crippen LogP contribution is -2.27. The minimum Gasteiger partial charge on any atom is -0.247 e. The fourth-order valence-electron chi connectivity index (χ4n) is 6.56. The summed E-state index contributed by atoms with van der Waals surface area (Å²) in [5.74, 6) is -0.516. The van der Waals surface area contributed by atoms with Crippen LogP contribution in [0.25, 0.3) is 0 Å². The summed E-state index contributed by atoms with van der Waals surface area (Å²) in [5, 5.41) is 0. The number of carbonyl (C=O) groups is 2. The predicted octanol–water partition coefficient (Wildman–Crippen LogP) is 13.8. The van der Waals surface area contributed by atoms with Gasteiger partial charge < -0.3 is 0 Å². The van der Waals surface area contributed by atoms with Crippen LogP contribution in [0.1, 0.15) is 233 Å². The molecule has 0 spiro atoms. The third-order valence-corrected chi connectivity index (χ3v) is 9.55. The Morgan fingerprint density at radius 2 is 0.705 bits per heavy atom. The van der Waals surface area contributed by atoms with Crippen molar-refractivity contribution in [2.24, 2.45) is 11.8 Å². The minimum absolute atomic E-state index is 0.155. The first kappa shape index (κ1) is 42.9. The Hall–Kier alpha value is -1.06. The lowest BCUT2D eigenvalue weighted by molar-refractivity contribution is -0.263. The molecule has 0 aromatic rings. The predicted molar refractivity (Wildman–Crippen MR) is 190 cm³/mol. The molecule has 4 heteroatoms. The average Bonchev–Trinajstić information content (AvgIpc) is 3.03. The molecular weight excluding hydrogens is 544 g/mol. The highest BCUT2D eigenvalue weighted by Crippen LogP contribution is 2.31. The van der Waals surface area contributed by atoms with E-state index in [4.69, 9.17) is 9.78 Å². The maximum Gasteiger partial charge on any atom is 0.358 e. The maximum absolute atomic E-state index is 13.5. The number of hydrogen-bond donors (Lipinski definition) is 0. The van der Waals surface area contributed by atoms with E-state index in [1.807, 2.05) is 0 Å². The SMILES string of the molecule is CCCCCCCCCCCCCC(C(=O)OOC(=O)CCCCCCC)C(CCCCCCCC)CCCCCCCC. The summed E-state index contributed by atoms with van der Waals surface area (Å²) < 4.78 is 0. The van der Waals surface area contributed by atoms with Crippen LogP contribution in [0.15, 0.2) is 0 Å². The fraction of sp³-hybridized carbons (Fsp3) is 0.950. The smallest absolute Gasteiger partial charge is 0.247 e. The third-order valence-electron chi connectivity index (χ3n) is 9.55. The van der Waals surface area contributed by atoms with Crippen LogP contribution in [0.5, 0.6) is 0 Å². The molecule has 0 fully saturated rings. The van der Waals surface area contributed by atoms with E-state index >= 15 is 0 Å². The van der Waals surface area contributed by atoms with Crippen molar-refractivity contribution in [3.05, 3.63) is 0 Å². The van der Waals surface area contributed by atoms with Gasteiger partial charge in [0.25, 0.3) is 0 Å². The number of carbonyl (C=O) groups excluding carboxylic acids is 2. The van der Waals surface area contributed by atoms with Crippen molar-refractivity contribution in [2.75, 3.05) is 0 Å². The zero-order chi connectivity index (χ0) is 32.4. The third kappa shape index (κ3) is 28.4. The quantitative estimate of drug-likeness (QED) is 0.0407. The van der Waals surface area contributed by atoms with Gasteiger partial charge in [-0.15, -0.1) is 0 Å². The van der Waals surface area contributed by atoms with Crippen LogP contribution in [0.4, 0.5) is 0 Å². The van der Waals surface area contributed by atoms with Crippen molar-refractivity contribution in [3.63, 3.8) is 0 Å². The van der Waals surface area contributed by atoms with Gasteiger partial charge in [-0.25, -0.2) is 19.4 Å². The van der Waals surface area contributed by atoms with E-state index in [2.05, 4.69) is 27.7 Å². The molecule has 0 aliphatic heterocycles. The van der Waals surface area contributed by atoms with Crippen LogP contribution < -0.4 is 0 Å². The summed E-state index contributed by atoms with van der Waals surface area (Å²) in [6.45, 7) is 8.99. The molecule has 0 saturated heterocycles. The van der Waals surface area contributed by atoms with E-state index in [9.17, 15) is 9.59 Å². The Labute approximate surface area is 275 Å². The van der Waals surface area contributed by atoms with Crippen molar-refractivity contribution in [2.45, 2.75) is 233 Å². The summed E-state index contributed by atoms with van der Waals surface area (Å²) in [7, 11) is 0. The van der Waals surface area contributed by atoms with E-state index in [1.54, 1.807) is 0 Å². The van der Waals surface area contributed by atoms with Gasteiger partial charge in [0.15, 0.2) is 0 Å². The van der Waals surface area contributed by atoms with Crippen LogP contribution in [-0.2, 0) is 19.4 Å². The lowest BCUT2D eigenvalue weighted by atomic mass is 9.80. The van der Waals surface area contributed by atoms with Crippen molar-refractivity contribution in [1.82, 2.24) is 0 Å².